The summed E-state index contributed by atoms with van der Waals surface area (Å²) in [7, 11) is 0. The molecule has 0 saturated heterocycles. The van der Waals surface area contributed by atoms with Gasteiger partial charge >= 0.3 is 0 Å². The van der Waals surface area contributed by atoms with Gasteiger partial charge in [-0.1, -0.05) is 30.3 Å². The largest absolute Gasteiger partial charge is 0.470 e. The van der Waals surface area contributed by atoms with Crippen molar-refractivity contribution in [3.05, 3.63) is 42.0 Å². The van der Waals surface area contributed by atoms with Gasteiger partial charge in [0.15, 0.2) is 0 Å². The minimum atomic E-state index is -0.142. The number of ether oxygens (including phenoxy) is 1. The van der Waals surface area contributed by atoms with Gasteiger partial charge in [0.2, 0.25) is 5.90 Å². The Morgan fingerprint density at radius 3 is 2.53 bits per heavy atom. The lowest BCUT2D eigenvalue weighted by Gasteiger charge is -2.15. The van der Waals surface area contributed by atoms with Crippen molar-refractivity contribution >= 4 is 12.0 Å². The van der Waals surface area contributed by atoms with E-state index >= 15 is 0 Å². The lowest BCUT2D eigenvalue weighted by molar-refractivity contribution is 0.132. The van der Waals surface area contributed by atoms with Crippen LogP contribution in [-0.2, 0) is 4.74 Å². The first-order valence-corrected chi connectivity index (χ1v) is 5.12. The minimum Gasteiger partial charge on any atom is -0.470 e. The first kappa shape index (κ1) is 9.97. The average Bonchev–Trinajstić information content (AvgIpc) is 2.57. The SMILES string of the molecule is CC1(C)CN=C(/C=C/c2ccccc2)O1. The van der Waals surface area contributed by atoms with E-state index in [1.807, 2.05) is 44.2 Å². The Hall–Kier alpha value is -1.57. The second kappa shape index (κ2) is 3.89. The van der Waals surface area contributed by atoms with Gasteiger partial charge in [-0.15, -0.1) is 0 Å². The van der Waals surface area contributed by atoms with Crippen LogP contribution in [0.2, 0.25) is 0 Å². The van der Waals surface area contributed by atoms with Gasteiger partial charge in [0.1, 0.15) is 5.60 Å². The fourth-order valence-electron chi connectivity index (χ4n) is 1.43. The lowest BCUT2D eigenvalue weighted by Crippen LogP contribution is -2.23. The smallest absolute Gasteiger partial charge is 0.209 e. The number of nitrogens with zero attached hydrogens (tertiary/aromatic N) is 1. The van der Waals surface area contributed by atoms with E-state index in [1.54, 1.807) is 0 Å². The van der Waals surface area contributed by atoms with Gasteiger partial charge in [0.25, 0.3) is 0 Å². The van der Waals surface area contributed by atoms with E-state index < -0.39 is 0 Å². The van der Waals surface area contributed by atoms with E-state index in [-0.39, 0.29) is 5.60 Å². The predicted octanol–water partition coefficient (Wildman–Crippen LogP) is 2.91. The molecule has 0 spiro atoms. The highest BCUT2D eigenvalue weighted by Crippen LogP contribution is 2.17. The van der Waals surface area contributed by atoms with Gasteiger partial charge in [0, 0.05) is 6.08 Å². The summed E-state index contributed by atoms with van der Waals surface area (Å²) in [4.78, 5) is 4.31. The van der Waals surface area contributed by atoms with Gasteiger partial charge in [-0.25, -0.2) is 4.99 Å². The van der Waals surface area contributed by atoms with Crippen molar-refractivity contribution in [3.63, 3.8) is 0 Å². The molecule has 0 amide bonds. The molecule has 0 unspecified atom stereocenters. The Morgan fingerprint density at radius 2 is 1.93 bits per heavy atom. The molecule has 2 heteroatoms. The number of benzene rings is 1. The minimum absolute atomic E-state index is 0.142. The van der Waals surface area contributed by atoms with Crippen molar-refractivity contribution in [2.24, 2.45) is 4.99 Å². The van der Waals surface area contributed by atoms with Gasteiger partial charge in [-0.05, 0) is 25.5 Å². The van der Waals surface area contributed by atoms with Gasteiger partial charge in [0.05, 0.1) is 6.54 Å². The van der Waals surface area contributed by atoms with E-state index in [4.69, 9.17) is 4.74 Å². The Labute approximate surface area is 90.3 Å². The second-order valence-corrected chi connectivity index (χ2v) is 4.26. The molecule has 1 aliphatic heterocycles. The van der Waals surface area contributed by atoms with Crippen LogP contribution >= 0.6 is 0 Å². The molecule has 0 aromatic heterocycles. The van der Waals surface area contributed by atoms with Crippen LogP contribution in [0.3, 0.4) is 0 Å². The van der Waals surface area contributed by atoms with Gasteiger partial charge < -0.3 is 4.74 Å². The number of rotatable bonds is 2. The van der Waals surface area contributed by atoms with Crippen LogP contribution in [0.15, 0.2) is 41.4 Å². The van der Waals surface area contributed by atoms with Crippen molar-refractivity contribution in [3.8, 4) is 0 Å². The maximum absolute atomic E-state index is 5.63. The topological polar surface area (TPSA) is 21.6 Å². The Kier molecular flexibility index (Phi) is 2.58. The third-order valence-electron chi connectivity index (χ3n) is 2.21. The Bertz CT molecular complexity index is 390. The molecule has 1 aromatic carbocycles. The molecule has 2 nitrogen and oxygen atoms in total. The highest BCUT2D eigenvalue weighted by molar-refractivity contribution is 5.93. The van der Waals surface area contributed by atoms with Crippen LogP contribution in [0.4, 0.5) is 0 Å². The highest BCUT2D eigenvalue weighted by Gasteiger charge is 2.25. The summed E-state index contributed by atoms with van der Waals surface area (Å²) in [5, 5.41) is 0. The van der Waals surface area contributed by atoms with Crippen molar-refractivity contribution < 1.29 is 4.74 Å². The monoisotopic (exact) mass is 201 g/mol. The summed E-state index contributed by atoms with van der Waals surface area (Å²) in [5.41, 5.74) is 1.02. The van der Waals surface area contributed by atoms with Crippen LogP contribution < -0.4 is 0 Å². The third-order valence-corrected chi connectivity index (χ3v) is 2.21. The zero-order valence-electron chi connectivity index (χ0n) is 9.10. The van der Waals surface area contributed by atoms with Crippen LogP contribution in [0.5, 0.6) is 0 Å². The molecule has 0 radical (unpaired) electrons. The standard InChI is InChI=1S/C13H15NO/c1-13(2)10-14-12(15-13)9-8-11-6-4-3-5-7-11/h3-9H,10H2,1-2H3/b9-8+. The molecule has 1 aliphatic rings. The van der Waals surface area contributed by atoms with Crippen molar-refractivity contribution in [2.45, 2.75) is 19.4 Å². The van der Waals surface area contributed by atoms with E-state index in [2.05, 4.69) is 17.1 Å². The second-order valence-electron chi connectivity index (χ2n) is 4.26. The molecule has 2 rings (SSSR count). The van der Waals surface area contributed by atoms with E-state index in [1.165, 1.54) is 0 Å². The van der Waals surface area contributed by atoms with Crippen molar-refractivity contribution in [1.82, 2.24) is 0 Å². The number of aliphatic imine (C=N–C) groups is 1. The van der Waals surface area contributed by atoms with Crippen molar-refractivity contribution in [1.29, 1.82) is 0 Å². The molecule has 0 saturated carbocycles. The summed E-state index contributed by atoms with van der Waals surface area (Å²) < 4.78 is 5.63. The summed E-state index contributed by atoms with van der Waals surface area (Å²) in [5.74, 6) is 0.726. The fourth-order valence-corrected chi connectivity index (χ4v) is 1.43. The maximum Gasteiger partial charge on any atom is 0.209 e. The molecule has 0 aliphatic carbocycles. The average molecular weight is 201 g/mol. The number of hydrogen-bond acceptors (Lipinski definition) is 2. The van der Waals surface area contributed by atoms with Crippen LogP contribution in [0.1, 0.15) is 19.4 Å². The summed E-state index contributed by atoms with van der Waals surface area (Å²) in [6.07, 6.45) is 3.93. The van der Waals surface area contributed by atoms with Crippen LogP contribution in [0.25, 0.3) is 6.08 Å². The number of hydrogen-bond donors (Lipinski definition) is 0. The summed E-state index contributed by atoms with van der Waals surface area (Å²) in [6, 6.07) is 10.1. The molecule has 1 aromatic rings. The van der Waals surface area contributed by atoms with Crippen LogP contribution in [0, 0.1) is 0 Å². The predicted molar refractivity (Wildman–Crippen MR) is 62.9 cm³/mol. The molecule has 15 heavy (non-hydrogen) atoms. The van der Waals surface area contributed by atoms with Gasteiger partial charge in [-0.3, -0.25) is 0 Å². The summed E-state index contributed by atoms with van der Waals surface area (Å²) in [6.45, 7) is 4.82. The molecule has 78 valence electrons. The lowest BCUT2D eigenvalue weighted by atomic mass is 10.1. The first-order valence-electron chi connectivity index (χ1n) is 5.12. The molecular weight excluding hydrogens is 186 g/mol. The zero-order chi connectivity index (χ0) is 10.7. The molecule has 0 atom stereocenters. The quantitative estimate of drug-likeness (QED) is 0.721. The molecular formula is C13H15NO. The Morgan fingerprint density at radius 1 is 1.20 bits per heavy atom. The highest BCUT2D eigenvalue weighted by atomic mass is 16.5. The van der Waals surface area contributed by atoms with Crippen molar-refractivity contribution in [2.75, 3.05) is 6.54 Å². The third kappa shape index (κ3) is 2.69. The zero-order valence-corrected chi connectivity index (χ0v) is 9.10. The fraction of sp³-hybridized carbons (Fsp3) is 0.308. The molecule has 1 heterocycles. The molecule has 0 N–H and O–H groups in total. The maximum atomic E-state index is 5.63. The van der Waals surface area contributed by atoms with E-state index in [0.717, 1.165) is 18.0 Å². The normalized spacial score (nSPS) is 18.9. The molecule has 0 fully saturated rings. The summed E-state index contributed by atoms with van der Waals surface area (Å²) >= 11 is 0. The van der Waals surface area contributed by atoms with Crippen LogP contribution in [-0.4, -0.2) is 18.0 Å². The van der Waals surface area contributed by atoms with E-state index in [0.29, 0.717) is 0 Å². The first-order chi connectivity index (χ1) is 7.16. The Balaban J connectivity index is 2.02. The van der Waals surface area contributed by atoms with Gasteiger partial charge in [-0.2, -0.15) is 0 Å². The van der Waals surface area contributed by atoms with E-state index in [9.17, 15) is 0 Å². The molecule has 0 bridgehead atoms.